The van der Waals surface area contributed by atoms with E-state index in [2.05, 4.69) is 15.9 Å². The third-order valence-electron chi connectivity index (χ3n) is 0.802. The van der Waals surface area contributed by atoms with E-state index in [4.69, 9.17) is 23.2 Å². The molecule has 4 heteroatoms. The topological polar surface area (TPSA) is 17.1 Å². The minimum absolute atomic E-state index is 0.423. The Morgan fingerprint density at radius 3 is 2.00 bits per heavy atom. The number of rotatable bonds is 2. The van der Waals surface area contributed by atoms with Crippen molar-refractivity contribution in [2.45, 2.75) is 23.5 Å². The SMILES string of the molecule is CC(C)(Br)C(Cl)C(=O)Cl. The monoisotopic (exact) mass is 232 g/mol. The van der Waals surface area contributed by atoms with Crippen LogP contribution in [-0.4, -0.2) is 14.9 Å². The number of alkyl halides is 2. The van der Waals surface area contributed by atoms with Gasteiger partial charge < -0.3 is 0 Å². The number of hydrogen-bond donors (Lipinski definition) is 0. The van der Waals surface area contributed by atoms with E-state index in [0.29, 0.717) is 0 Å². The molecule has 0 aliphatic rings. The molecule has 0 aromatic rings. The van der Waals surface area contributed by atoms with Crippen LogP contribution in [0.15, 0.2) is 0 Å². The predicted molar refractivity (Wildman–Crippen MR) is 43.5 cm³/mol. The van der Waals surface area contributed by atoms with Crippen LogP contribution in [0.25, 0.3) is 0 Å². The second-order valence-electron chi connectivity index (χ2n) is 2.23. The van der Waals surface area contributed by atoms with E-state index in [9.17, 15) is 4.79 Å². The summed E-state index contributed by atoms with van der Waals surface area (Å²) in [6, 6.07) is 0. The van der Waals surface area contributed by atoms with Crippen LogP contribution < -0.4 is 0 Å². The maximum absolute atomic E-state index is 10.4. The van der Waals surface area contributed by atoms with Crippen molar-refractivity contribution in [1.82, 2.24) is 0 Å². The Balaban J connectivity index is 4.04. The maximum atomic E-state index is 10.4. The van der Waals surface area contributed by atoms with E-state index in [-0.39, 0.29) is 0 Å². The van der Waals surface area contributed by atoms with Gasteiger partial charge in [0.1, 0.15) is 5.38 Å². The molecule has 0 amide bonds. The second kappa shape index (κ2) is 3.22. The van der Waals surface area contributed by atoms with Crippen LogP contribution in [0.4, 0.5) is 0 Å². The third kappa shape index (κ3) is 3.43. The van der Waals surface area contributed by atoms with Crippen molar-refractivity contribution < 1.29 is 4.79 Å². The van der Waals surface area contributed by atoms with E-state index in [1.165, 1.54) is 0 Å². The summed E-state index contributed by atoms with van der Waals surface area (Å²) in [7, 11) is 0. The van der Waals surface area contributed by atoms with Crippen LogP contribution in [-0.2, 0) is 4.79 Å². The number of carbonyl (C=O) groups excluding carboxylic acids is 1. The van der Waals surface area contributed by atoms with Crippen molar-refractivity contribution in [3.63, 3.8) is 0 Å². The zero-order valence-corrected chi connectivity index (χ0v) is 8.22. The van der Waals surface area contributed by atoms with Crippen LogP contribution in [0.2, 0.25) is 0 Å². The molecule has 0 spiro atoms. The molecule has 0 aromatic heterocycles. The lowest BCUT2D eigenvalue weighted by molar-refractivity contribution is -0.111. The minimum Gasteiger partial charge on any atom is -0.280 e. The van der Waals surface area contributed by atoms with Gasteiger partial charge in [-0.15, -0.1) is 11.6 Å². The van der Waals surface area contributed by atoms with Crippen LogP contribution in [0.1, 0.15) is 13.8 Å². The summed E-state index contributed by atoms with van der Waals surface area (Å²) in [5.41, 5.74) is 0. The lowest BCUT2D eigenvalue weighted by Gasteiger charge is -2.18. The Hall–Kier alpha value is 0.730. The first-order valence-corrected chi connectivity index (χ1v) is 3.99. The lowest BCUT2D eigenvalue weighted by Crippen LogP contribution is -2.29. The lowest BCUT2D eigenvalue weighted by atomic mass is 10.1. The zero-order chi connectivity index (χ0) is 7.65. The summed E-state index contributed by atoms with van der Waals surface area (Å²) in [4.78, 5) is 10.4. The first kappa shape index (κ1) is 9.73. The standard InChI is InChI=1S/C5H7BrCl2O/c1-5(2,6)3(7)4(8)9/h3H,1-2H3. The fourth-order valence-electron chi connectivity index (χ4n) is 0.270. The molecular weight excluding hydrogens is 227 g/mol. The molecule has 0 aliphatic heterocycles. The Morgan fingerprint density at radius 2 is 2.00 bits per heavy atom. The first-order valence-electron chi connectivity index (χ1n) is 2.38. The highest BCUT2D eigenvalue weighted by Crippen LogP contribution is 2.26. The molecule has 1 unspecified atom stereocenters. The van der Waals surface area contributed by atoms with Crippen molar-refractivity contribution in [1.29, 1.82) is 0 Å². The number of hydrogen-bond acceptors (Lipinski definition) is 1. The van der Waals surface area contributed by atoms with Crippen LogP contribution in [0.5, 0.6) is 0 Å². The average molecular weight is 234 g/mol. The molecule has 0 saturated carbocycles. The molecule has 0 aliphatic carbocycles. The van der Waals surface area contributed by atoms with E-state index >= 15 is 0 Å². The fourth-order valence-corrected chi connectivity index (χ4v) is 0.882. The van der Waals surface area contributed by atoms with E-state index < -0.39 is 14.9 Å². The molecule has 9 heavy (non-hydrogen) atoms. The van der Waals surface area contributed by atoms with Gasteiger partial charge in [0.05, 0.1) is 0 Å². The van der Waals surface area contributed by atoms with Gasteiger partial charge in [-0.05, 0) is 25.4 Å². The van der Waals surface area contributed by atoms with Gasteiger partial charge in [0.2, 0.25) is 5.24 Å². The molecule has 0 radical (unpaired) electrons. The molecule has 0 heterocycles. The van der Waals surface area contributed by atoms with Gasteiger partial charge in [-0.2, -0.15) is 0 Å². The maximum Gasteiger partial charge on any atom is 0.240 e. The molecule has 0 aromatic carbocycles. The molecule has 0 rings (SSSR count). The van der Waals surface area contributed by atoms with Gasteiger partial charge in [-0.1, -0.05) is 15.9 Å². The molecule has 0 bridgehead atoms. The summed E-state index contributed by atoms with van der Waals surface area (Å²) in [6.45, 7) is 3.57. The van der Waals surface area contributed by atoms with Gasteiger partial charge in [0.25, 0.3) is 0 Å². The van der Waals surface area contributed by atoms with Crippen LogP contribution in [0.3, 0.4) is 0 Å². The van der Waals surface area contributed by atoms with Crippen molar-refractivity contribution in [2.24, 2.45) is 0 Å². The molecule has 1 atom stereocenters. The molecule has 0 saturated heterocycles. The Labute approximate surface area is 72.8 Å². The smallest absolute Gasteiger partial charge is 0.240 e. The summed E-state index contributed by atoms with van der Waals surface area (Å²) < 4.78 is -0.423. The quantitative estimate of drug-likeness (QED) is 0.529. The van der Waals surface area contributed by atoms with Gasteiger partial charge in [-0.25, -0.2) is 0 Å². The normalized spacial score (nSPS) is 15.2. The van der Waals surface area contributed by atoms with Crippen LogP contribution in [0, 0.1) is 0 Å². The van der Waals surface area contributed by atoms with Crippen molar-refractivity contribution in [3.8, 4) is 0 Å². The van der Waals surface area contributed by atoms with Gasteiger partial charge in [-0.3, -0.25) is 4.79 Å². The summed E-state index contributed by atoms with van der Waals surface area (Å²) >= 11 is 13.9. The van der Waals surface area contributed by atoms with Crippen molar-refractivity contribution in [3.05, 3.63) is 0 Å². The summed E-state index contributed by atoms with van der Waals surface area (Å²) in [6.07, 6.45) is 0. The number of carbonyl (C=O) groups is 1. The van der Waals surface area contributed by atoms with E-state index in [1.54, 1.807) is 13.8 Å². The molecule has 54 valence electrons. The molecule has 0 fully saturated rings. The molecular formula is C5H7BrCl2O. The van der Waals surface area contributed by atoms with E-state index in [0.717, 1.165) is 0 Å². The van der Waals surface area contributed by atoms with Crippen molar-refractivity contribution >= 4 is 44.4 Å². The minimum atomic E-state index is -0.667. The van der Waals surface area contributed by atoms with E-state index in [1.807, 2.05) is 0 Å². The zero-order valence-electron chi connectivity index (χ0n) is 5.12. The second-order valence-corrected chi connectivity index (χ2v) is 5.08. The highest BCUT2D eigenvalue weighted by molar-refractivity contribution is 9.10. The summed E-state index contributed by atoms with van der Waals surface area (Å²) in [5.74, 6) is 0. The highest BCUT2D eigenvalue weighted by atomic mass is 79.9. The summed E-state index contributed by atoms with van der Waals surface area (Å²) in [5, 5.41) is -1.20. The van der Waals surface area contributed by atoms with Gasteiger partial charge >= 0.3 is 0 Å². The van der Waals surface area contributed by atoms with Gasteiger partial charge in [0, 0.05) is 4.32 Å². The Morgan fingerprint density at radius 1 is 1.67 bits per heavy atom. The van der Waals surface area contributed by atoms with Crippen LogP contribution >= 0.6 is 39.1 Å². The number of halogens is 3. The molecule has 0 N–H and O–H groups in total. The first-order chi connectivity index (χ1) is 3.85. The van der Waals surface area contributed by atoms with Gasteiger partial charge in [0.15, 0.2) is 0 Å². The average Bonchev–Trinajstić information content (AvgIpc) is 1.62. The predicted octanol–water partition coefficient (Wildman–Crippen LogP) is 2.53. The molecule has 1 nitrogen and oxygen atoms in total. The Bertz CT molecular complexity index is 119. The highest BCUT2D eigenvalue weighted by Gasteiger charge is 2.29. The third-order valence-corrected chi connectivity index (χ3v) is 2.60. The largest absolute Gasteiger partial charge is 0.280 e. The Kier molecular flexibility index (Phi) is 3.48. The fraction of sp³-hybridized carbons (Fsp3) is 0.800. The van der Waals surface area contributed by atoms with Crippen molar-refractivity contribution in [2.75, 3.05) is 0 Å².